The first-order chi connectivity index (χ1) is 16.4. The number of primary amides is 1. The molecule has 0 aliphatic carbocycles. The summed E-state index contributed by atoms with van der Waals surface area (Å²) in [5, 5.41) is 10.2. The minimum absolute atomic E-state index is 0.0373. The predicted octanol–water partition coefficient (Wildman–Crippen LogP) is 1.54. The molecule has 0 atom stereocenters. The van der Waals surface area contributed by atoms with Gasteiger partial charge in [0.15, 0.2) is 5.84 Å². The maximum atomic E-state index is 13.1. The Morgan fingerprint density at radius 3 is 2.57 bits per heavy atom. The van der Waals surface area contributed by atoms with Gasteiger partial charge in [0.2, 0.25) is 12.7 Å². The van der Waals surface area contributed by atoms with Crippen LogP contribution in [0.1, 0.15) is 44.5 Å². The SMILES string of the molecule is CCNC(=O)c1c[nH]c(C(=NC=N)N(C(=O)OCOP(=O)(O)O)c2cc(C(N)=O)ccc2C)c1C. The van der Waals surface area contributed by atoms with Crippen LogP contribution in [0.3, 0.4) is 0 Å². The van der Waals surface area contributed by atoms with Gasteiger partial charge in [-0.2, -0.15) is 0 Å². The number of phosphoric ester groups is 1. The van der Waals surface area contributed by atoms with Crippen LogP contribution in [0.5, 0.6) is 0 Å². The molecule has 2 rings (SSSR count). The third-order valence-electron chi connectivity index (χ3n) is 4.66. The molecule has 0 radical (unpaired) electrons. The predicted molar refractivity (Wildman–Crippen MR) is 126 cm³/mol. The largest absolute Gasteiger partial charge is 0.472 e. The number of nitrogens with zero attached hydrogens (tertiary/aromatic N) is 2. The summed E-state index contributed by atoms with van der Waals surface area (Å²) in [6, 6.07) is 4.22. The van der Waals surface area contributed by atoms with E-state index in [1.165, 1.54) is 24.4 Å². The highest BCUT2D eigenvalue weighted by atomic mass is 31.2. The summed E-state index contributed by atoms with van der Waals surface area (Å²) in [6.07, 6.45) is 0.820. The maximum Gasteiger partial charge on any atom is 0.472 e. The number of carbonyl (C=O) groups excluding carboxylic acids is 3. The number of nitrogens with two attached hydrogens (primary N) is 1. The van der Waals surface area contributed by atoms with Crippen molar-refractivity contribution in [2.75, 3.05) is 18.2 Å². The zero-order chi connectivity index (χ0) is 26.3. The molecule has 1 heterocycles. The fourth-order valence-corrected chi connectivity index (χ4v) is 3.22. The molecule has 0 aliphatic heterocycles. The Morgan fingerprint density at radius 1 is 1.31 bits per heavy atom. The molecule has 14 nitrogen and oxygen atoms in total. The van der Waals surface area contributed by atoms with Gasteiger partial charge in [-0.15, -0.1) is 0 Å². The molecule has 0 fully saturated rings. The van der Waals surface area contributed by atoms with Crippen molar-refractivity contribution in [1.29, 1.82) is 5.41 Å². The Bertz CT molecular complexity index is 1220. The molecule has 0 bridgehead atoms. The number of aliphatic imine (C=N–C) groups is 1. The van der Waals surface area contributed by atoms with Gasteiger partial charge in [0, 0.05) is 18.3 Å². The van der Waals surface area contributed by atoms with Crippen molar-refractivity contribution in [3.05, 3.63) is 52.3 Å². The van der Waals surface area contributed by atoms with E-state index >= 15 is 0 Å². The van der Waals surface area contributed by atoms with E-state index in [1.54, 1.807) is 20.8 Å². The zero-order valence-electron chi connectivity index (χ0n) is 19.1. The highest BCUT2D eigenvalue weighted by Gasteiger charge is 2.30. The monoisotopic (exact) mass is 508 g/mol. The summed E-state index contributed by atoms with van der Waals surface area (Å²) in [7, 11) is -4.95. The van der Waals surface area contributed by atoms with Crippen LogP contribution in [-0.2, 0) is 13.8 Å². The minimum Gasteiger partial charge on any atom is -0.421 e. The molecule has 0 unspecified atom stereocenters. The van der Waals surface area contributed by atoms with Gasteiger partial charge in [0.1, 0.15) is 6.34 Å². The standard InChI is InChI=1S/C20H25N6O8P/c1-4-23-19(28)14-8-24-16(12(14)3)18(25-9-21)26(20(29)33-10-34-35(30,31)32)15-7-13(17(22)27)6-5-11(15)2/h5-9,21,24H,4,10H2,1-3H3,(H2,22,27)(H,23,28)(H2,30,31,32). The molecule has 7 N–H and O–H groups in total. The van der Waals surface area contributed by atoms with E-state index in [0.29, 0.717) is 24.0 Å². The number of H-pyrrole nitrogens is 1. The van der Waals surface area contributed by atoms with Crippen LogP contribution in [0, 0.1) is 19.3 Å². The number of amides is 3. The summed E-state index contributed by atoms with van der Waals surface area (Å²) in [5.41, 5.74) is 6.72. The van der Waals surface area contributed by atoms with E-state index in [9.17, 15) is 18.9 Å². The van der Waals surface area contributed by atoms with Crippen LogP contribution >= 0.6 is 7.82 Å². The number of benzene rings is 1. The molecule has 2 aromatic rings. The second kappa shape index (κ2) is 11.5. The van der Waals surface area contributed by atoms with E-state index in [4.69, 9.17) is 25.7 Å². The number of anilines is 1. The van der Waals surface area contributed by atoms with E-state index in [1.807, 2.05) is 0 Å². The smallest absolute Gasteiger partial charge is 0.421 e. The van der Waals surface area contributed by atoms with Gasteiger partial charge in [0.25, 0.3) is 5.91 Å². The molecule has 35 heavy (non-hydrogen) atoms. The average Bonchev–Trinajstić information content (AvgIpc) is 3.14. The van der Waals surface area contributed by atoms with E-state index < -0.39 is 32.5 Å². The summed E-state index contributed by atoms with van der Waals surface area (Å²) in [6.45, 7) is 4.20. The number of aromatic amines is 1. The summed E-state index contributed by atoms with van der Waals surface area (Å²) < 4.78 is 20.0. The third-order valence-corrected chi connectivity index (χ3v) is 5.11. The molecule has 188 valence electrons. The number of amidine groups is 1. The number of phosphoric acid groups is 1. The highest BCUT2D eigenvalue weighted by molar-refractivity contribution is 7.46. The Morgan fingerprint density at radius 2 is 2.00 bits per heavy atom. The normalized spacial score (nSPS) is 11.6. The molecule has 15 heteroatoms. The molecule has 0 aliphatic rings. The van der Waals surface area contributed by atoms with Crippen molar-refractivity contribution in [2.45, 2.75) is 20.8 Å². The number of rotatable bonds is 9. The zero-order valence-corrected chi connectivity index (χ0v) is 20.0. The number of nitrogens with one attached hydrogen (secondary N) is 3. The molecule has 0 spiro atoms. The number of aromatic nitrogens is 1. The van der Waals surface area contributed by atoms with Gasteiger partial charge in [-0.05, 0) is 44.0 Å². The van der Waals surface area contributed by atoms with E-state index in [0.717, 1.165) is 4.90 Å². The van der Waals surface area contributed by atoms with Crippen molar-refractivity contribution in [1.82, 2.24) is 10.3 Å². The fourth-order valence-electron chi connectivity index (χ4n) is 3.03. The lowest BCUT2D eigenvalue weighted by Crippen LogP contribution is -2.40. The quantitative estimate of drug-likeness (QED) is 0.126. The Labute approximate surface area is 199 Å². The van der Waals surface area contributed by atoms with Crippen molar-refractivity contribution >= 4 is 43.6 Å². The molecule has 0 saturated heterocycles. The highest BCUT2D eigenvalue weighted by Crippen LogP contribution is 2.35. The van der Waals surface area contributed by atoms with Crippen LogP contribution in [0.4, 0.5) is 10.5 Å². The van der Waals surface area contributed by atoms with Crippen LogP contribution in [-0.4, -0.2) is 58.2 Å². The van der Waals surface area contributed by atoms with Gasteiger partial charge in [-0.25, -0.2) is 23.8 Å². The molecule has 0 saturated carbocycles. The van der Waals surface area contributed by atoms with Crippen LogP contribution in [0.25, 0.3) is 0 Å². The first-order valence-electron chi connectivity index (χ1n) is 10.0. The van der Waals surface area contributed by atoms with E-state index in [-0.39, 0.29) is 28.3 Å². The Balaban J connectivity index is 2.67. The molecule has 1 aromatic heterocycles. The van der Waals surface area contributed by atoms with Crippen LogP contribution < -0.4 is 16.0 Å². The first-order valence-corrected chi connectivity index (χ1v) is 11.5. The van der Waals surface area contributed by atoms with Gasteiger partial charge >= 0.3 is 13.9 Å². The van der Waals surface area contributed by atoms with Crippen molar-refractivity contribution in [2.24, 2.45) is 10.7 Å². The number of carbonyl (C=O) groups is 3. The van der Waals surface area contributed by atoms with Crippen molar-refractivity contribution in [3.8, 4) is 0 Å². The second-order valence-corrected chi connectivity index (χ2v) is 8.23. The lowest BCUT2D eigenvalue weighted by atomic mass is 10.1. The summed E-state index contributed by atoms with van der Waals surface area (Å²) in [4.78, 5) is 62.7. The Hall–Kier alpha value is -3.84. The lowest BCUT2D eigenvalue weighted by Gasteiger charge is -2.25. The number of ether oxygens (including phenoxy) is 1. The van der Waals surface area contributed by atoms with Crippen LogP contribution in [0.15, 0.2) is 29.4 Å². The lowest BCUT2D eigenvalue weighted by molar-refractivity contribution is 0.0449. The van der Waals surface area contributed by atoms with Gasteiger partial charge < -0.3 is 30.6 Å². The molecule has 3 amide bonds. The minimum atomic E-state index is -4.95. The maximum absolute atomic E-state index is 13.1. The van der Waals surface area contributed by atoms with Gasteiger partial charge in [0.05, 0.1) is 16.9 Å². The summed E-state index contributed by atoms with van der Waals surface area (Å²) in [5.74, 6) is -1.39. The average molecular weight is 508 g/mol. The molecular formula is C20H25N6O8P. The fraction of sp³-hybridized carbons (Fsp3) is 0.250. The van der Waals surface area contributed by atoms with E-state index in [2.05, 4.69) is 19.8 Å². The molecule has 1 aromatic carbocycles. The second-order valence-electron chi connectivity index (χ2n) is 6.99. The van der Waals surface area contributed by atoms with Crippen LogP contribution in [0.2, 0.25) is 0 Å². The number of aryl methyl sites for hydroxylation is 1. The molecular weight excluding hydrogens is 483 g/mol. The number of hydrogen-bond donors (Lipinski definition) is 6. The topological polar surface area (TPSA) is 220 Å². The van der Waals surface area contributed by atoms with Gasteiger partial charge in [-0.1, -0.05) is 6.07 Å². The number of hydrogen-bond acceptors (Lipinski definition) is 7. The van der Waals surface area contributed by atoms with Gasteiger partial charge in [-0.3, -0.25) is 15.0 Å². The third kappa shape index (κ3) is 6.83. The van der Waals surface area contributed by atoms with Crippen molar-refractivity contribution in [3.63, 3.8) is 0 Å². The van der Waals surface area contributed by atoms with Crippen molar-refractivity contribution < 1.29 is 38.0 Å². The summed E-state index contributed by atoms with van der Waals surface area (Å²) >= 11 is 0. The Kier molecular flexibility index (Phi) is 9.03. The first kappa shape index (κ1) is 27.4.